The van der Waals surface area contributed by atoms with Crippen molar-refractivity contribution in [3.8, 4) is 0 Å². The van der Waals surface area contributed by atoms with Crippen molar-refractivity contribution in [2.45, 2.75) is 45.6 Å². The Morgan fingerprint density at radius 3 is 2.67 bits per heavy atom. The fraction of sp³-hybridized carbons (Fsp3) is 0.474. The Kier molecular flexibility index (Phi) is 7.49. The number of aryl methyl sites for hydroxylation is 1. The van der Waals surface area contributed by atoms with Crippen LogP contribution in [0.4, 0.5) is 0 Å². The zero-order valence-electron chi connectivity index (χ0n) is 14.4. The minimum Gasteiger partial charge on any atom is -0.466 e. The van der Waals surface area contributed by atoms with E-state index in [-0.39, 0.29) is 5.97 Å². The number of pyridine rings is 1. The lowest BCUT2D eigenvalue weighted by Gasteiger charge is -2.13. The molecule has 2 rings (SSSR count). The summed E-state index contributed by atoms with van der Waals surface area (Å²) < 4.78 is 7.30. The number of aromatic nitrogens is 2. The van der Waals surface area contributed by atoms with Crippen molar-refractivity contribution in [3.05, 3.63) is 53.6 Å². The first-order chi connectivity index (χ1) is 11.7. The zero-order valence-corrected chi connectivity index (χ0v) is 14.4. The number of unbranched alkanes of at least 4 members (excludes halogenated alkanes) is 1. The minimum absolute atomic E-state index is 0.105. The number of rotatable bonds is 10. The van der Waals surface area contributed by atoms with Gasteiger partial charge in [0.05, 0.1) is 6.61 Å². The van der Waals surface area contributed by atoms with Crippen LogP contribution in [0, 0.1) is 0 Å². The lowest BCUT2D eigenvalue weighted by Crippen LogP contribution is -2.12. The molecule has 0 aromatic carbocycles. The SMILES string of the molecule is CCOC(=O)CCCCc1ccc(CCN)n1Cc1cccnc1. The van der Waals surface area contributed by atoms with E-state index in [1.165, 1.54) is 17.0 Å². The van der Waals surface area contributed by atoms with Crippen LogP contribution in [-0.4, -0.2) is 28.7 Å². The Morgan fingerprint density at radius 1 is 1.21 bits per heavy atom. The molecule has 0 saturated heterocycles. The monoisotopic (exact) mass is 329 g/mol. The molecule has 0 saturated carbocycles. The molecule has 2 aromatic rings. The molecular weight excluding hydrogens is 302 g/mol. The van der Waals surface area contributed by atoms with Gasteiger partial charge in [-0.1, -0.05) is 6.07 Å². The molecule has 0 aliphatic rings. The van der Waals surface area contributed by atoms with Crippen LogP contribution in [0.5, 0.6) is 0 Å². The number of nitrogens with two attached hydrogens (primary N) is 1. The standard InChI is InChI=1S/C19H27N3O2/c1-2-24-19(23)8-4-3-7-17-9-10-18(11-12-20)22(17)15-16-6-5-13-21-14-16/h5-6,9-10,13-14H,2-4,7-8,11-12,15,20H2,1H3. The maximum Gasteiger partial charge on any atom is 0.305 e. The summed E-state index contributed by atoms with van der Waals surface area (Å²) in [5.41, 5.74) is 9.45. The van der Waals surface area contributed by atoms with E-state index in [1.807, 2.05) is 19.2 Å². The van der Waals surface area contributed by atoms with Gasteiger partial charge in [-0.3, -0.25) is 9.78 Å². The number of hydrogen-bond acceptors (Lipinski definition) is 4. The van der Waals surface area contributed by atoms with Crippen LogP contribution < -0.4 is 5.73 Å². The predicted molar refractivity (Wildman–Crippen MR) is 94.7 cm³/mol. The molecule has 0 amide bonds. The second kappa shape index (κ2) is 9.88. The van der Waals surface area contributed by atoms with Gasteiger partial charge in [0.2, 0.25) is 0 Å². The van der Waals surface area contributed by atoms with Crippen molar-refractivity contribution in [2.24, 2.45) is 5.73 Å². The number of hydrogen-bond donors (Lipinski definition) is 1. The van der Waals surface area contributed by atoms with Gasteiger partial charge in [0, 0.05) is 36.7 Å². The second-order valence-electron chi connectivity index (χ2n) is 5.81. The summed E-state index contributed by atoms with van der Waals surface area (Å²) in [6, 6.07) is 8.37. The van der Waals surface area contributed by atoms with E-state index in [1.54, 1.807) is 6.20 Å². The maximum atomic E-state index is 11.4. The summed E-state index contributed by atoms with van der Waals surface area (Å²) in [5.74, 6) is -0.105. The van der Waals surface area contributed by atoms with Crippen LogP contribution in [0.3, 0.4) is 0 Å². The fourth-order valence-corrected chi connectivity index (χ4v) is 2.83. The van der Waals surface area contributed by atoms with Crippen LogP contribution >= 0.6 is 0 Å². The quantitative estimate of drug-likeness (QED) is 0.537. The third kappa shape index (κ3) is 5.49. The van der Waals surface area contributed by atoms with E-state index in [4.69, 9.17) is 10.5 Å². The molecule has 0 aliphatic carbocycles. The largest absolute Gasteiger partial charge is 0.466 e. The van der Waals surface area contributed by atoms with Gasteiger partial charge in [-0.25, -0.2) is 0 Å². The molecule has 5 nitrogen and oxygen atoms in total. The molecule has 2 heterocycles. The van der Waals surface area contributed by atoms with Crippen LogP contribution in [0.1, 0.15) is 43.1 Å². The second-order valence-corrected chi connectivity index (χ2v) is 5.81. The molecule has 0 spiro atoms. The smallest absolute Gasteiger partial charge is 0.305 e. The molecule has 2 aromatic heterocycles. The lowest BCUT2D eigenvalue weighted by atomic mass is 10.1. The van der Waals surface area contributed by atoms with Crippen molar-refractivity contribution < 1.29 is 9.53 Å². The normalized spacial score (nSPS) is 10.8. The molecule has 130 valence electrons. The highest BCUT2D eigenvalue weighted by molar-refractivity contribution is 5.69. The molecule has 0 unspecified atom stereocenters. The molecule has 24 heavy (non-hydrogen) atoms. The number of esters is 1. The number of carbonyl (C=O) groups is 1. The average molecular weight is 329 g/mol. The highest BCUT2D eigenvalue weighted by Crippen LogP contribution is 2.16. The Bertz CT molecular complexity index is 623. The predicted octanol–water partition coefficient (Wildman–Crippen LogP) is 2.71. The molecule has 0 atom stereocenters. The van der Waals surface area contributed by atoms with Gasteiger partial charge in [0.15, 0.2) is 0 Å². The molecule has 0 bridgehead atoms. The van der Waals surface area contributed by atoms with Gasteiger partial charge in [-0.05, 0) is 62.9 Å². The highest BCUT2D eigenvalue weighted by Gasteiger charge is 2.09. The lowest BCUT2D eigenvalue weighted by molar-refractivity contribution is -0.143. The number of ether oxygens (including phenoxy) is 1. The van der Waals surface area contributed by atoms with Gasteiger partial charge < -0.3 is 15.0 Å². The number of nitrogens with zero attached hydrogens (tertiary/aromatic N) is 2. The van der Waals surface area contributed by atoms with Crippen molar-refractivity contribution >= 4 is 5.97 Å². The summed E-state index contributed by atoms with van der Waals surface area (Å²) >= 11 is 0. The summed E-state index contributed by atoms with van der Waals surface area (Å²) in [7, 11) is 0. The molecule has 5 heteroatoms. The van der Waals surface area contributed by atoms with E-state index in [2.05, 4.69) is 27.8 Å². The minimum atomic E-state index is -0.105. The third-order valence-corrected chi connectivity index (χ3v) is 3.99. The van der Waals surface area contributed by atoms with E-state index >= 15 is 0 Å². The molecular formula is C19H27N3O2. The summed E-state index contributed by atoms with van der Waals surface area (Å²) in [6.45, 7) is 3.74. The van der Waals surface area contributed by atoms with E-state index < -0.39 is 0 Å². The van der Waals surface area contributed by atoms with Crippen LogP contribution in [0.15, 0.2) is 36.7 Å². The zero-order chi connectivity index (χ0) is 17.2. The van der Waals surface area contributed by atoms with Crippen molar-refractivity contribution in [1.82, 2.24) is 9.55 Å². The first-order valence-corrected chi connectivity index (χ1v) is 8.66. The summed E-state index contributed by atoms with van der Waals surface area (Å²) in [4.78, 5) is 15.6. The summed E-state index contributed by atoms with van der Waals surface area (Å²) in [6.07, 6.45) is 7.81. The van der Waals surface area contributed by atoms with Gasteiger partial charge >= 0.3 is 5.97 Å². The highest BCUT2D eigenvalue weighted by atomic mass is 16.5. The van der Waals surface area contributed by atoms with Gasteiger partial charge in [-0.15, -0.1) is 0 Å². The first kappa shape index (κ1) is 18.2. The maximum absolute atomic E-state index is 11.4. The van der Waals surface area contributed by atoms with Gasteiger partial charge in [-0.2, -0.15) is 0 Å². The van der Waals surface area contributed by atoms with E-state index in [0.717, 1.165) is 32.2 Å². The molecule has 2 N–H and O–H groups in total. The first-order valence-electron chi connectivity index (χ1n) is 8.66. The van der Waals surface area contributed by atoms with Crippen molar-refractivity contribution in [3.63, 3.8) is 0 Å². The van der Waals surface area contributed by atoms with Gasteiger partial charge in [0.25, 0.3) is 0 Å². The van der Waals surface area contributed by atoms with Gasteiger partial charge in [0.1, 0.15) is 0 Å². The van der Waals surface area contributed by atoms with Crippen LogP contribution in [0.25, 0.3) is 0 Å². The average Bonchev–Trinajstić information content (AvgIpc) is 2.95. The topological polar surface area (TPSA) is 70.1 Å². The van der Waals surface area contributed by atoms with E-state index in [0.29, 0.717) is 19.6 Å². The van der Waals surface area contributed by atoms with Crippen molar-refractivity contribution in [1.29, 1.82) is 0 Å². The molecule has 0 radical (unpaired) electrons. The Balaban J connectivity index is 1.97. The molecule has 0 aliphatic heterocycles. The summed E-state index contributed by atoms with van der Waals surface area (Å²) in [5, 5.41) is 0. The Morgan fingerprint density at radius 2 is 2.00 bits per heavy atom. The van der Waals surface area contributed by atoms with Crippen LogP contribution in [0.2, 0.25) is 0 Å². The molecule has 0 fully saturated rings. The Labute approximate surface area is 143 Å². The fourth-order valence-electron chi connectivity index (χ4n) is 2.83. The Hall–Kier alpha value is -2.14. The number of carbonyl (C=O) groups excluding carboxylic acids is 1. The van der Waals surface area contributed by atoms with E-state index in [9.17, 15) is 4.79 Å². The van der Waals surface area contributed by atoms with Crippen molar-refractivity contribution in [2.75, 3.05) is 13.2 Å². The van der Waals surface area contributed by atoms with Crippen LogP contribution in [-0.2, 0) is 28.9 Å². The third-order valence-electron chi connectivity index (χ3n) is 3.99.